The van der Waals surface area contributed by atoms with Gasteiger partial charge in [0.05, 0.1) is 8.07 Å². The van der Waals surface area contributed by atoms with Crippen molar-refractivity contribution in [1.29, 1.82) is 0 Å². The summed E-state index contributed by atoms with van der Waals surface area (Å²) in [4.78, 5) is 0. The summed E-state index contributed by atoms with van der Waals surface area (Å²) in [5, 5.41) is 1.72. The fourth-order valence-corrected chi connectivity index (χ4v) is 8.55. The van der Waals surface area contributed by atoms with Crippen LogP contribution in [0.2, 0.25) is 13.1 Å². The molecule has 136 valence electrons. The van der Waals surface area contributed by atoms with Gasteiger partial charge in [-0.3, -0.25) is 0 Å². The molecule has 0 aliphatic heterocycles. The SMILES string of the molecule is C=CCOc1c(C)cc(C)cc1C[Si](C)(C)C1=C(C)C(C)=C(C)C1C. The molecule has 1 nitrogen and oxygen atoms in total. The van der Waals surface area contributed by atoms with Gasteiger partial charge in [-0.2, -0.15) is 0 Å². The number of rotatable bonds is 6. The minimum atomic E-state index is -1.61. The summed E-state index contributed by atoms with van der Waals surface area (Å²) in [5.74, 6) is 1.65. The molecule has 0 saturated heterocycles. The molecule has 0 N–H and O–H groups in total. The largest absolute Gasteiger partial charge is 0.489 e. The maximum Gasteiger partial charge on any atom is 0.125 e. The molecule has 1 aliphatic rings. The second-order valence-corrected chi connectivity index (χ2v) is 13.0. The molecule has 1 aliphatic carbocycles. The van der Waals surface area contributed by atoms with E-state index < -0.39 is 8.07 Å². The quantitative estimate of drug-likeness (QED) is 0.418. The van der Waals surface area contributed by atoms with Crippen molar-refractivity contribution in [1.82, 2.24) is 0 Å². The second-order valence-electron chi connectivity index (χ2n) is 8.30. The van der Waals surface area contributed by atoms with Crippen LogP contribution in [-0.2, 0) is 6.04 Å². The highest BCUT2D eigenvalue weighted by atomic mass is 28.3. The zero-order chi connectivity index (χ0) is 18.9. The van der Waals surface area contributed by atoms with Crippen LogP contribution in [0.25, 0.3) is 0 Å². The molecule has 0 radical (unpaired) electrons. The number of hydrogen-bond acceptors (Lipinski definition) is 1. The zero-order valence-corrected chi connectivity index (χ0v) is 18.3. The van der Waals surface area contributed by atoms with Crippen LogP contribution in [0.4, 0.5) is 0 Å². The molecular formula is C23H34OSi. The van der Waals surface area contributed by atoms with Gasteiger partial charge in [-0.1, -0.05) is 66.7 Å². The summed E-state index contributed by atoms with van der Waals surface area (Å²) >= 11 is 0. The third-order valence-corrected chi connectivity index (χ3v) is 9.37. The normalized spacial score (nSPS) is 18.2. The van der Waals surface area contributed by atoms with E-state index in [0.29, 0.717) is 12.5 Å². The van der Waals surface area contributed by atoms with Crippen molar-refractivity contribution in [2.24, 2.45) is 5.92 Å². The molecule has 0 bridgehead atoms. The van der Waals surface area contributed by atoms with E-state index in [-0.39, 0.29) is 0 Å². The average molecular weight is 355 g/mol. The highest BCUT2D eigenvalue weighted by Crippen LogP contribution is 2.43. The van der Waals surface area contributed by atoms with Crippen LogP contribution >= 0.6 is 0 Å². The standard InChI is InChI=1S/C23H34OSi/c1-10-11-24-22-16(3)12-15(2)13-21(22)14-25(8,9)23-19(6)17(4)18(5)20(23)7/h10,12-13,19H,1,11,14H2,2-9H3. The van der Waals surface area contributed by atoms with E-state index in [2.05, 4.69) is 73.3 Å². The minimum Gasteiger partial charge on any atom is -0.489 e. The predicted octanol–water partition coefficient (Wildman–Crippen LogP) is 6.50. The molecule has 2 heteroatoms. The molecule has 0 fully saturated rings. The first-order valence-electron chi connectivity index (χ1n) is 9.33. The van der Waals surface area contributed by atoms with Crippen molar-refractivity contribution in [2.75, 3.05) is 6.61 Å². The molecule has 0 heterocycles. The smallest absolute Gasteiger partial charge is 0.125 e. The van der Waals surface area contributed by atoms with Crippen LogP contribution < -0.4 is 4.74 Å². The summed E-state index contributed by atoms with van der Waals surface area (Å²) in [7, 11) is -1.61. The van der Waals surface area contributed by atoms with Crippen LogP contribution in [-0.4, -0.2) is 14.7 Å². The fourth-order valence-electron chi connectivity index (χ4n) is 4.55. The van der Waals surface area contributed by atoms with E-state index in [0.717, 1.165) is 11.8 Å². The Hall–Kier alpha value is -1.54. The summed E-state index contributed by atoms with van der Waals surface area (Å²) < 4.78 is 6.05. The monoisotopic (exact) mass is 354 g/mol. The average Bonchev–Trinajstić information content (AvgIpc) is 2.70. The van der Waals surface area contributed by atoms with E-state index >= 15 is 0 Å². The molecule has 1 atom stereocenters. The Morgan fingerprint density at radius 1 is 1.08 bits per heavy atom. The minimum absolute atomic E-state index is 0.566. The Kier molecular flexibility index (Phi) is 5.83. The van der Waals surface area contributed by atoms with Gasteiger partial charge in [0.2, 0.25) is 0 Å². The highest BCUT2D eigenvalue weighted by Gasteiger charge is 2.36. The third-order valence-electron chi connectivity index (χ3n) is 5.84. The van der Waals surface area contributed by atoms with Crippen LogP contribution in [0.5, 0.6) is 5.75 Å². The lowest BCUT2D eigenvalue weighted by atomic mass is 10.1. The number of hydrogen-bond donors (Lipinski definition) is 0. The van der Waals surface area contributed by atoms with Crippen molar-refractivity contribution in [3.05, 3.63) is 63.4 Å². The van der Waals surface area contributed by atoms with Crippen LogP contribution in [0, 0.1) is 19.8 Å². The first-order chi connectivity index (χ1) is 11.6. The van der Waals surface area contributed by atoms with Crippen molar-refractivity contribution in [2.45, 2.75) is 60.7 Å². The van der Waals surface area contributed by atoms with Gasteiger partial charge < -0.3 is 4.74 Å². The highest BCUT2D eigenvalue weighted by molar-refractivity contribution is 6.84. The van der Waals surface area contributed by atoms with E-state index in [4.69, 9.17) is 4.74 Å². The van der Waals surface area contributed by atoms with Crippen molar-refractivity contribution in [3.8, 4) is 5.75 Å². The Morgan fingerprint density at radius 3 is 2.24 bits per heavy atom. The van der Waals surface area contributed by atoms with Crippen LogP contribution in [0.15, 0.2) is 46.7 Å². The number of ether oxygens (including phenoxy) is 1. The summed E-state index contributed by atoms with van der Waals surface area (Å²) in [6.45, 7) is 23.0. The first-order valence-corrected chi connectivity index (χ1v) is 12.5. The van der Waals surface area contributed by atoms with Gasteiger partial charge in [-0.05, 0) is 63.3 Å². The lowest BCUT2D eigenvalue weighted by molar-refractivity contribution is 0.357. The number of aryl methyl sites for hydroxylation is 2. The van der Waals surface area contributed by atoms with Gasteiger partial charge in [-0.25, -0.2) is 0 Å². The maximum absolute atomic E-state index is 6.05. The molecule has 25 heavy (non-hydrogen) atoms. The molecular weight excluding hydrogens is 320 g/mol. The topological polar surface area (TPSA) is 9.23 Å². The molecule has 1 aromatic carbocycles. The third kappa shape index (κ3) is 3.84. The van der Waals surface area contributed by atoms with E-state index in [1.807, 2.05) is 6.08 Å². The fraction of sp³-hybridized carbons (Fsp3) is 0.478. The molecule has 0 saturated carbocycles. The molecule has 1 unspecified atom stereocenters. The second kappa shape index (κ2) is 7.37. The Labute approximate surface area is 155 Å². The van der Waals surface area contributed by atoms with Crippen molar-refractivity contribution >= 4 is 8.07 Å². The Bertz CT molecular complexity index is 750. The van der Waals surface area contributed by atoms with Gasteiger partial charge >= 0.3 is 0 Å². The predicted molar refractivity (Wildman–Crippen MR) is 113 cm³/mol. The van der Waals surface area contributed by atoms with E-state index in [1.54, 1.807) is 16.3 Å². The van der Waals surface area contributed by atoms with Crippen molar-refractivity contribution < 1.29 is 4.74 Å². The lowest BCUT2D eigenvalue weighted by Crippen LogP contribution is -2.36. The van der Waals surface area contributed by atoms with E-state index in [9.17, 15) is 0 Å². The Balaban J connectivity index is 2.43. The zero-order valence-electron chi connectivity index (χ0n) is 17.3. The molecule has 0 amide bonds. The molecule has 2 rings (SSSR count). The van der Waals surface area contributed by atoms with Gasteiger partial charge in [0.1, 0.15) is 12.4 Å². The summed E-state index contributed by atoms with van der Waals surface area (Å²) in [6.07, 6.45) is 1.83. The molecule has 0 spiro atoms. The first kappa shape index (κ1) is 19.8. The molecule has 1 aromatic rings. The summed E-state index contributed by atoms with van der Waals surface area (Å²) in [5.41, 5.74) is 8.52. The summed E-state index contributed by atoms with van der Waals surface area (Å²) in [6, 6.07) is 5.66. The molecule has 0 aromatic heterocycles. The van der Waals surface area contributed by atoms with Crippen molar-refractivity contribution in [3.63, 3.8) is 0 Å². The van der Waals surface area contributed by atoms with Gasteiger partial charge in [0.15, 0.2) is 0 Å². The lowest BCUT2D eigenvalue weighted by Gasteiger charge is -2.31. The van der Waals surface area contributed by atoms with Gasteiger partial charge in [0, 0.05) is 0 Å². The van der Waals surface area contributed by atoms with Crippen LogP contribution in [0.3, 0.4) is 0 Å². The maximum atomic E-state index is 6.05. The number of allylic oxidation sites excluding steroid dienone is 4. The number of benzene rings is 1. The van der Waals surface area contributed by atoms with Gasteiger partial charge in [0.25, 0.3) is 0 Å². The van der Waals surface area contributed by atoms with Crippen LogP contribution in [0.1, 0.15) is 44.4 Å². The van der Waals surface area contributed by atoms with Gasteiger partial charge in [-0.15, -0.1) is 0 Å². The van der Waals surface area contributed by atoms with E-state index in [1.165, 1.54) is 22.3 Å². The Morgan fingerprint density at radius 2 is 1.72 bits per heavy atom.